The molecule has 7 nitrogen and oxygen atoms in total. The van der Waals surface area contributed by atoms with Crippen molar-refractivity contribution < 1.29 is 17.9 Å². The van der Waals surface area contributed by atoms with Crippen LogP contribution >= 0.6 is 22.9 Å². The molecule has 10 heteroatoms. The molecule has 4 rings (SSSR count). The van der Waals surface area contributed by atoms with Gasteiger partial charge in [-0.25, -0.2) is 13.4 Å². The highest BCUT2D eigenvalue weighted by atomic mass is 35.5. The zero-order valence-electron chi connectivity index (χ0n) is 13.0. The Morgan fingerprint density at radius 2 is 2.04 bits per heavy atom. The van der Waals surface area contributed by atoms with Gasteiger partial charge >= 0.3 is 0 Å². The van der Waals surface area contributed by atoms with E-state index in [4.69, 9.17) is 16.3 Å². The number of sulfonamides is 1. The summed E-state index contributed by atoms with van der Waals surface area (Å²) in [7, 11) is -3.56. The predicted octanol–water partition coefficient (Wildman–Crippen LogP) is 1.34. The van der Waals surface area contributed by atoms with Crippen molar-refractivity contribution in [3.63, 3.8) is 0 Å². The summed E-state index contributed by atoms with van der Waals surface area (Å²) in [5.41, 5.74) is -0.409. The maximum atomic E-state index is 12.6. The fourth-order valence-corrected chi connectivity index (χ4v) is 6.27. The monoisotopic (exact) mass is 391 g/mol. The molecule has 0 bridgehead atoms. The van der Waals surface area contributed by atoms with Crippen LogP contribution in [-0.4, -0.2) is 66.4 Å². The zero-order chi connectivity index (χ0) is 16.9. The minimum absolute atomic E-state index is 0.0532. The van der Waals surface area contributed by atoms with Crippen LogP contribution < -0.4 is 0 Å². The number of hydrogen-bond donors (Lipinski definition) is 0. The molecule has 3 fully saturated rings. The van der Waals surface area contributed by atoms with Gasteiger partial charge in [-0.1, -0.05) is 22.9 Å². The Hall–Kier alpha value is -0.740. The maximum absolute atomic E-state index is 12.6. The molecule has 0 N–H and O–H groups in total. The smallest absolute Gasteiger partial charge is 0.254 e. The van der Waals surface area contributed by atoms with Gasteiger partial charge in [0.1, 0.15) is 6.61 Å². The maximum Gasteiger partial charge on any atom is 0.254 e. The van der Waals surface area contributed by atoms with Crippen molar-refractivity contribution in [3.8, 4) is 0 Å². The minimum atomic E-state index is -3.56. The van der Waals surface area contributed by atoms with E-state index in [9.17, 15) is 13.2 Å². The Morgan fingerprint density at radius 1 is 1.33 bits per heavy atom. The number of ether oxygens (including phenoxy) is 1. The largest absolute Gasteiger partial charge is 0.363 e. The van der Waals surface area contributed by atoms with Gasteiger partial charge in [-0.3, -0.25) is 4.79 Å². The lowest BCUT2D eigenvalue weighted by Gasteiger charge is -2.46. The van der Waals surface area contributed by atoms with Crippen LogP contribution in [0.5, 0.6) is 0 Å². The summed E-state index contributed by atoms with van der Waals surface area (Å²) in [5, 5.41) is 0. The lowest BCUT2D eigenvalue weighted by molar-refractivity contribution is -0.170. The van der Waals surface area contributed by atoms with Crippen LogP contribution in [0.2, 0.25) is 4.47 Å². The summed E-state index contributed by atoms with van der Waals surface area (Å²) in [5.74, 6) is 0.0532. The highest BCUT2D eigenvalue weighted by Gasteiger charge is 2.47. The number of morpholine rings is 1. The summed E-state index contributed by atoms with van der Waals surface area (Å²) in [6.07, 6.45) is 4.62. The van der Waals surface area contributed by atoms with E-state index in [-0.39, 0.29) is 21.2 Å². The number of aromatic nitrogens is 1. The third kappa shape index (κ3) is 2.96. The number of nitrogens with zero attached hydrogens (tertiary/aromatic N) is 3. The minimum Gasteiger partial charge on any atom is -0.363 e. The summed E-state index contributed by atoms with van der Waals surface area (Å²) in [4.78, 5) is 17.7. The van der Waals surface area contributed by atoms with Gasteiger partial charge in [0.05, 0.1) is 18.3 Å². The number of carbonyl (C=O) groups excluding carboxylic acids is 1. The number of carbonyl (C=O) groups is 1. The van der Waals surface area contributed by atoms with Crippen LogP contribution in [0.3, 0.4) is 0 Å². The van der Waals surface area contributed by atoms with Crippen LogP contribution in [0.25, 0.3) is 0 Å². The SMILES string of the molecule is O=C1COC2(CCN(S(=O)(=O)c3cnc(Cl)s3)CC2)CN1C1CC1. The second-order valence-electron chi connectivity index (χ2n) is 6.56. The van der Waals surface area contributed by atoms with E-state index >= 15 is 0 Å². The molecule has 0 radical (unpaired) electrons. The molecule has 132 valence electrons. The van der Waals surface area contributed by atoms with Crippen molar-refractivity contribution in [2.75, 3.05) is 26.2 Å². The molecular formula is C14H18ClN3O4S2. The molecule has 1 spiro atoms. The quantitative estimate of drug-likeness (QED) is 0.776. The molecule has 1 aromatic heterocycles. The van der Waals surface area contributed by atoms with Crippen LogP contribution in [0.15, 0.2) is 10.4 Å². The number of piperidine rings is 1. The zero-order valence-corrected chi connectivity index (χ0v) is 15.4. The van der Waals surface area contributed by atoms with Crippen molar-refractivity contribution in [3.05, 3.63) is 10.7 Å². The molecule has 1 aliphatic carbocycles. The van der Waals surface area contributed by atoms with Crippen LogP contribution in [-0.2, 0) is 19.6 Å². The van der Waals surface area contributed by atoms with Gasteiger partial charge in [0, 0.05) is 19.1 Å². The number of thiazole rings is 1. The molecule has 1 saturated carbocycles. The average Bonchev–Trinajstić information content (AvgIpc) is 3.31. The van der Waals surface area contributed by atoms with E-state index in [1.807, 2.05) is 4.90 Å². The van der Waals surface area contributed by atoms with Crippen molar-refractivity contribution in [2.24, 2.45) is 0 Å². The van der Waals surface area contributed by atoms with E-state index in [1.54, 1.807) is 0 Å². The van der Waals surface area contributed by atoms with Gasteiger partial charge in [-0.05, 0) is 25.7 Å². The highest BCUT2D eigenvalue weighted by Crippen LogP contribution is 2.37. The van der Waals surface area contributed by atoms with Gasteiger partial charge in [-0.2, -0.15) is 4.31 Å². The molecule has 0 unspecified atom stereocenters. The van der Waals surface area contributed by atoms with Gasteiger partial charge in [0.25, 0.3) is 10.0 Å². The summed E-state index contributed by atoms with van der Waals surface area (Å²) in [6, 6.07) is 0.361. The number of rotatable bonds is 3. The fraction of sp³-hybridized carbons (Fsp3) is 0.714. The van der Waals surface area contributed by atoms with Gasteiger partial charge in [0.15, 0.2) is 8.68 Å². The standard InChI is InChI=1S/C14H18ClN3O4S2/c15-13-16-7-12(23-13)24(20,21)17-5-3-14(4-6-17)9-18(10-1-2-10)11(19)8-22-14/h7,10H,1-6,8-9H2. The Morgan fingerprint density at radius 3 is 2.62 bits per heavy atom. The second-order valence-corrected chi connectivity index (χ2v) is 10.3. The van der Waals surface area contributed by atoms with Gasteiger partial charge < -0.3 is 9.64 Å². The molecule has 2 saturated heterocycles. The van der Waals surface area contributed by atoms with E-state index in [0.717, 1.165) is 24.2 Å². The summed E-state index contributed by atoms with van der Waals surface area (Å²) >= 11 is 6.72. The first-order valence-electron chi connectivity index (χ1n) is 7.95. The predicted molar refractivity (Wildman–Crippen MR) is 88.5 cm³/mol. The van der Waals surface area contributed by atoms with Gasteiger partial charge in [0.2, 0.25) is 5.91 Å². The Kier molecular flexibility index (Phi) is 4.12. The number of halogens is 1. The second kappa shape index (κ2) is 5.91. The number of hydrogen-bond acceptors (Lipinski definition) is 6. The van der Waals surface area contributed by atoms with Crippen molar-refractivity contribution in [1.29, 1.82) is 0 Å². The first-order chi connectivity index (χ1) is 11.4. The van der Waals surface area contributed by atoms with E-state index in [0.29, 0.717) is 38.5 Å². The molecule has 1 amide bonds. The van der Waals surface area contributed by atoms with Crippen LogP contribution in [0.4, 0.5) is 0 Å². The van der Waals surface area contributed by atoms with E-state index in [2.05, 4.69) is 4.98 Å². The molecule has 0 atom stereocenters. The van der Waals surface area contributed by atoms with Crippen LogP contribution in [0, 0.1) is 0 Å². The van der Waals surface area contributed by atoms with Gasteiger partial charge in [-0.15, -0.1) is 0 Å². The van der Waals surface area contributed by atoms with Crippen LogP contribution in [0.1, 0.15) is 25.7 Å². The highest BCUT2D eigenvalue weighted by molar-refractivity contribution is 7.91. The van der Waals surface area contributed by atoms with E-state index in [1.165, 1.54) is 10.5 Å². The molecule has 0 aromatic carbocycles. The molecule has 24 heavy (non-hydrogen) atoms. The molecule has 2 aliphatic heterocycles. The molecule has 3 aliphatic rings. The Balaban J connectivity index is 1.45. The lowest BCUT2D eigenvalue weighted by atomic mass is 9.90. The topological polar surface area (TPSA) is 79.8 Å². The third-order valence-corrected chi connectivity index (χ3v) is 8.40. The van der Waals surface area contributed by atoms with Crippen molar-refractivity contribution in [1.82, 2.24) is 14.2 Å². The van der Waals surface area contributed by atoms with Crippen molar-refractivity contribution >= 4 is 38.9 Å². The number of amides is 1. The molecular weight excluding hydrogens is 374 g/mol. The lowest BCUT2D eigenvalue weighted by Crippen LogP contribution is -2.59. The summed E-state index contributed by atoms with van der Waals surface area (Å²) < 4.78 is 33.0. The average molecular weight is 392 g/mol. The Bertz CT molecular complexity index is 754. The Labute approximate surface area is 149 Å². The molecule has 3 heterocycles. The summed E-state index contributed by atoms with van der Waals surface area (Å²) in [6.45, 7) is 1.44. The molecule has 1 aromatic rings. The third-order valence-electron chi connectivity index (χ3n) is 4.95. The first-order valence-corrected chi connectivity index (χ1v) is 10.6. The van der Waals surface area contributed by atoms with E-state index < -0.39 is 15.6 Å². The normalized spacial score (nSPS) is 25.4. The fourth-order valence-electron chi connectivity index (χ4n) is 3.38. The van der Waals surface area contributed by atoms with Crippen molar-refractivity contribution in [2.45, 2.75) is 41.5 Å². The first kappa shape index (κ1) is 16.7.